The third-order valence-electron chi connectivity index (χ3n) is 4.22. The first-order valence-electron chi connectivity index (χ1n) is 8.56. The number of amides is 1. The van der Waals surface area contributed by atoms with Crippen LogP contribution in [0.3, 0.4) is 0 Å². The van der Waals surface area contributed by atoms with Crippen molar-refractivity contribution in [2.75, 3.05) is 14.2 Å². The monoisotopic (exact) mass is 366 g/mol. The zero-order valence-corrected chi connectivity index (χ0v) is 15.6. The third kappa shape index (κ3) is 4.25. The van der Waals surface area contributed by atoms with Crippen molar-refractivity contribution in [2.45, 2.75) is 19.9 Å². The van der Waals surface area contributed by atoms with Crippen LogP contribution >= 0.6 is 0 Å². The predicted molar refractivity (Wildman–Crippen MR) is 104 cm³/mol. The number of aromatic nitrogens is 2. The highest BCUT2D eigenvalue weighted by Crippen LogP contribution is 2.26. The average molecular weight is 366 g/mol. The Balaban J connectivity index is 1.57. The maximum absolute atomic E-state index is 12.1. The Morgan fingerprint density at radius 3 is 2.85 bits per heavy atom. The summed E-state index contributed by atoms with van der Waals surface area (Å²) in [5.41, 5.74) is 5.37. The van der Waals surface area contributed by atoms with Gasteiger partial charge in [0.15, 0.2) is 11.5 Å². The molecule has 0 aliphatic heterocycles. The zero-order chi connectivity index (χ0) is 19.2. The molecule has 27 heavy (non-hydrogen) atoms. The van der Waals surface area contributed by atoms with Crippen LogP contribution in [0.1, 0.15) is 17.5 Å². The van der Waals surface area contributed by atoms with Crippen LogP contribution in [-0.4, -0.2) is 35.9 Å². The lowest BCUT2D eigenvalue weighted by Crippen LogP contribution is -2.19. The summed E-state index contributed by atoms with van der Waals surface area (Å²) in [6.45, 7) is 2.58. The van der Waals surface area contributed by atoms with Gasteiger partial charge in [-0.2, -0.15) is 5.10 Å². The molecule has 0 spiro atoms. The number of fused-ring (bicyclic) bond motifs is 1. The summed E-state index contributed by atoms with van der Waals surface area (Å²) in [5.74, 6) is 1.08. The Bertz CT molecular complexity index is 979. The molecule has 1 amide bonds. The number of hydrogen-bond acceptors (Lipinski definition) is 5. The molecule has 0 aliphatic rings. The molecule has 0 fully saturated rings. The van der Waals surface area contributed by atoms with E-state index in [9.17, 15) is 4.79 Å². The van der Waals surface area contributed by atoms with Crippen LogP contribution in [0.4, 0.5) is 0 Å². The van der Waals surface area contributed by atoms with E-state index >= 15 is 0 Å². The van der Waals surface area contributed by atoms with Crippen molar-refractivity contribution in [3.8, 4) is 11.5 Å². The molecule has 0 unspecified atom stereocenters. The number of carbonyl (C=O) groups is 1. The maximum atomic E-state index is 12.1. The molecular weight excluding hydrogens is 344 g/mol. The van der Waals surface area contributed by atoms with Crippen LogP contribution in [0.2, 0.25) is 0 Å². The van der Waals surface area contributed by atoms with Gasteiger partial charge in [0.05, 0.1) is 20.4 Å². The van der Waals surface area contributed by atoms with Crippen molar-refractivity contribution >= 4 is 23.2 Å². The van der Waals surface area contributed by atoms with Gasteiger partial charge in [-0.3, -0.25) is 4.79 Å². The normalized spacial score (nSPS) is 11.1. The van der Waals surface area contributed by atoms with Gasteiger partial charge in [0, 0.05) is 30.7 Å². The van der Waals surface area contributed by atoms with Crippen molar-refractivity contribution in [1.82, 2.24) is 15.0 Å². The summed E-state index contributed by atoms with van der Waals surface area (Å²) < 4.78 is 12.4. The molecule has 7 nitrogen and oxygen atoms in total. The van der Waals surface area contributed by atoms with Gasteiger partial charge in [0.2, 0.25) is 5.91 Å². The van der Waals surface area contributed by atoms with Crippen LogP contribution in [0.25, 0.3) is 11.0 Å². The van der Waals surface area contributed by atoms with E-state index < -0.39 is 0 Å². The molecule has 2 aromatic heterocycles. The molecule has 0 aliphatic carbocycles. The second-order valence-electron chi connectivity index (χ2n) is 6.04. The van der Waals surface area contributed by atoms with E-state index in [1.54, 1.807) is 38.8 Å². The van der Waals surface area contributed by atoms with Crippen LogP contribution in [-0.2, 0) is 11.3 Å². The van der Waals surface area contributed by atoms with E-state index in [1.165, 1.54) is 0 Å². The van der Waals surface area contributed by atoms with E-state index in [0.29, 0.717) is 24.5 Å². The lowest BCUT2D eigenvalue weighted by molar-refractivity contribution is -0.121. The first kappa shape index (κ1) is 18.4. The SMILES string of the molecule is COc1ccc(/C=N/NC(=O)CCn2cc(C)c3cccnc32)cc1OC. The number of hydrogen-bond donors (Lipinski definition) is 1. The molecule has 7 heteroatoms. The summed E-state index contributed by atoms with van der Waals surface area (Å²) >= 11 is 0. The summed E-state index contributed by atoms with van der Waals surface area (Å²) in [7, 11) is 3.15. The minimum Gasteiger partial charge on any atom is -0.493 e. The second-order valence-corrected chi connectivity index (χ2v) is 6.04. The fourth-order valence-corrected chi connectivity index (χ4v) is 2.86. The average Bonchev–Trinajstić information content (AvgIpc) is 3.02. The number of methoxy groups -OCH3 is 2. The van der Waals surface area contributed by atoms with Crippen molar-refractivity contribution in [3.63, 3.8) is 0 Å². The number of carbonyl (C=O) groups excluding carboxylic acids is 1. The van der Waals surface area contributed by atoms with Crippen LogP contribution < -0.4 is 14.9 Å². The minimum absolute atomic E-state index is 0.165. The first-order valence-corrected chi connectivity index (χ1v) is 8.56. The molecule has 1 N–H and O–H groups in total. The predicted octanol–water partition coefficient (Wildman–Crippen LogP) is 2.90. The van der Waals surface area contributed by atoms with E-state index in [4.69, 9.17) is 9.47 Å². The fraction of sp³-hybridized carbons (Fsp3) is 0.250. The Morgan fingerprint density at radius 2 is 2.07 bits per heavy atom. The lowest BCUT2D eigenvalue weighted by atomic mass is 10.2. The quantitative estimate of drug-likeness (QED) is 0.515. The first-order chi connectivity index (χ1) is 13.1. The highest BCUT2D eigenvalue weighted by atomic mass is 16.5. The second kappa shape index (κ2) is 8.35. The van der Waals surface area contributed by atoms with Gasteiger partial charge in [-0.05, 0) is 48.4 Å². The summed E-state index contributed by atoms with van der Waals surface area (Å²) in [6.07, 6.45) is 5.64. The Kier molecular flexibility index (Phi) is 5.71. The van der Waals surface area contributed by atoms with E-state index in [2.05, 4.69) is 15.5 Å². The van der Waals surface area contributed by atoms with Crippen LogP contribution in [0, 0.1) is 6.92 Å². The molecule has 0 saturated carbocycles. The molecule has 1 aromatic carbocycles. The topological polar surface area (TPSA) is 77.7 Å². The van der Waals surface area contributed by atoms with Crippen molar-refractivity contribution in [2.24, 2.45) is 5.10 Å². The maximum Gasteiger partial charge on any atom is 0.241 e. The standard InChI is InChI=1S/C20H22N4O3/c1-14-13-24(20-16(14)5-4-9-21-20)10-8-19(25)23-22-12-15-6-7-17(26-2)18(11-15)27-3/h4-7,9,11-13H,8,10H2,1-3H3,(H,23,25)/b22-12+. The molecule has 0 saturated heterocycles. The summed E-state index contributed by atoms with van der Waals surface area (Å²) in [5, 5.41) is 5.11. The van der Waals surface area contributed by atoms with E-state index in [0.717, 1.165) is 22.2 Å². The number of rotatable bonds is 7. The van der Waals surface area contributed by atoms with Crippen LogP contribution in [0.15, 0.2) is 47.8 Å². The molecular formula is C20H22N4O3. The number of pyridine rings is 1. The lowest BCUT2D eigenvalue weighted by Gasteiger charge is -2.07. The molecule has 0 radical (unpaired) electrons. The number of nitrogens with one attached hydrogen (secondary N) is 1. The highest BCUT2D eigenvalue weighted by molar-refractivity contribution is 5.83. The van der Waals surface area contributed by atoms with Crippen molar-refractivity contribution < 1.29 is 14.3 Å². The van der Waals surface area contributed by atoms with Gasteiger partial charge >= 0.3 is 0 Å². The largest absolute Gasteiger partial charge is 0.493 e. The summed E-state index contributed by atoms with van der Waals surface area (Å²) in [6, 6.07) is 9.34. The zero-order valence-electron chi connectivity index (χ0n) is 15.6. The number of hydrazone groups is 1. The number of aryl methyl sites for hydroxylation is 2. The van der Waals surface area contributed by atoms with E-state index in [1.807, 2.05) is 35.9 Å². The van der Waals surface area contributed by atoms with Gasteiger partial charge in [-0.1, -0.05) is 0 Å². The van der Waals surface area contributed by atoms with Gasteiger partial charge in [0.1, 0.15) is 5.65 Å². The molecule has 2 heterocycles. The van der Waals surface area contributed by atoms with Gasteiger partial charge in [-0.25, -0.2) is 10.4 Å². The number of ether oxygens (including phenoxy) is 2. The summed E-state index contributed by atoms with van der Waals surface area (Å²) in [4.78, 5) is 16.5. The minimum atomic E-state index is -0.165. The molecule has 0 bridgehead atoms. The number of nitrogens with zero attached hydrogens (tertiary/aromatic N) is 3. The molecule has 0 atom stereocenters. The Hall–Kier alpha value is -3.35. The molecule has 3 rings (SSSR count). The Labute approximate surface area is 157 Å². The number of benzene rings is 1. The van der Waals surface area contributed by atoms with Gasteiger partial charge in [0.25, 0.3) is 0 Å². The molecule has 140 valence electrons. The highest BCUT2D eigenvalue weighted by Gasteiger charge is 2.08. The smallest absolute Gasteiger partial charge is 0.241 e. The van der Waals surface area contributed by atoms with Crippen molar-refractivity contribution in [1.29, 1.82) is 0 Å². The fourth-order valence-electron chi connectivity index (χ4n) is 2.86. The van der Waals surface area contributed by atoms with Crippen molar-refractivity contribution in [3.05, 3.63) is 53.9 Å². The Morgan fingerprint density at radius 1 is 1.26 bits per heavy atom. The van der Waals surface area contributed by atoms with Gasteiger partial charge < -0.3 is 14.0 Å². The third-order valence-corrected chi connectivity index (χ3v) is 4.22. The van der Waals surface area contributed by atoms with Gasteiger partial charge in [-0.15, -0.1) is 0 Å². The molecule has 3 aromatic rings. The van der Waals surface area contributed by atoms with E-state index in [-0.39, 0.29) is 5.91 Å². The van der Waals surface area contributed by atoms with Crippen LogP contribution in [0.5, 0.6) is 11.5 Å².